The number of amides is 1. The summed E-state index contributed by atoms with van der Waals surface area (Å²) < 4.78 is 13.5. The first-order valence-corrected chi connectivity index (χ1v) is 9.13. The van der Waals surface area contributed by atoms with Crippen molar-refractivity contribution in [1.82, 2.24) is 9.88 Å². The van der Waals surface area contributed by atoms with Gasteiger partial charge in [-0.1, -0.05) is 24.3 Å². The molecule has 0 bridgehead atoms. The van der Waals surface area contributed by atoms with E-state index in [4.69, 9.17) is 9.47 Å². The monoisotopic (exact) mass is 414 g/mol. The highest BCUT2D eigenvalue weighted by Crippen LogP contribution is 2.36. The van der Waals surface area contributed by atoms with Crippen LogP contribution in [0.3, 0.4) is 0 Å². The molecule has 0 fully saturated rings. The second-order valence-electron chi connectivity index (χ2n) is 6.89. The highest BCUT2D eigenvalue weighted by atomic mass is 79.9. The van der Waals surface area contributed by atoms with E-state index in [0.717, 1.165) is 26.7 Å². The second-order valence-corrected chi connectivity index (χ2v) is 7.68. The number of rotatable bonds is 3. The van der Waals surface area contributed by atoms with Gasteiger partial charge >= 0.3 is 0 Å². The van der Waals surface area contributed by atoms with Crippen LogP contribution in [0.25, 0.3) is 10.9 Å². The Morgan fingerprint density at radius 2 is 1.88 bits per heavy atom. The highest BCUT2D eigenvalue weighted by Gasteiger charge is 2.28. The maximum atomic E-state index is 13.1. The molecule has 134 valence electrons. The zero-order chi connectivity index (χ0) is 18.5. The van der Waals surface area contributed by atoms with Gasteiger partial charge in [0.15, 0.2) is 11.5 Å². The molecule has 1 aliphatic heterocycles. The van der Waals surface area contributed by atoms with Crippen LogP contribution in [0.2, 0.25) is 0 Å². The quantitative estimate of drug-likeness (QED) is 0.693. The largest absolute Gasteiger partial charge is 0.454 e. The average molecular weight is 415 g/mol. The fourth-order valence-corrected chi connectivity index (χ4v) is 4.08. The summed E-state index contributed by atoms with van der Waals surface area (Å²) in [6.45, 7) is 4.17. The Hall–Kier alpha value is -2.47. The lowest BCUT2D eigenvalue weighted by atomic mass is 9.93. The number of hydrogen-bond donors (Lipinski definition) is 1. The molecule has 0 saturated carbocycles. The third-order valence-corrected chi connectivity index (χ3v) is 5.58. The number of carbonyl (C=O) groups is 1. The molecule has 2 aromatic carbocycles. The van der Waals surface area contributed by atoms with Gasteiger partial charge in [0.2, 0.25) is 6.79 Å². The van der Waals surface area contributed by atoms with Gasteiger partial charge in [0.1, 0.15) is 5.69 Å². The molecule has 0 unspecified atom stereocenters. The van der Waals surface area contributed by atoms with E-state index in [0.29, 0.717) is 11.4 Å². The summed E-state index contributed by atoms with van der Waals surface area (Å²) in [5.74, 6) is 1.29. The first-order chi connectivity index (χ1) is 12.4. The van der Waals surface area contributed by atoms with Crippen molar-refractivity contribution >= 4 is 32.7 Å². The minimum Gasteiger partial charge on any atom is -0.454 e. The van der Waals surface area contributed by atoms with Crippen LogP contribution in [0.4, 0.5) is 0 Å². The lowest BCUT2D eigenvalue weighted by molar-refractivity contribution is 0.0903. The average Bonchev–Trinajstić information content (AvgIpc) is 3.17. The molecule has 1 aromatic heterocycles. The van der Waals surface area contributed by atoms with Crippen LogP contribution >= 0.6 is 15.9 Å². The van der Waals surface area contributed by atoms with Crippen molar-refractivity contribution in [3.8, 4) is 11.5 Å². The fraction of sp³-hybridized carbons (Fsp3) is 0.250. The molecular formula is C20H19BrN2O3. The summed E-state index contributed by atoms with van der Waals surface area (Å²) in [7, 11) is 1.90. The highest BCUT2D eigenvalue weighted by molar-refractivity contribution is 9.10. The molecule has 0 aliphatic carbocycles. The predicted molar refractivity (Wildman–Crippen MR) is 104 cm³/mol. The van der Waals surface area contributed by atoms with Gasteiger partial charge in [0, 0.05) is 18.0 Å². The third kappa shape index (κ3) is 2.65. The Morgan fingerprint density at radius 1 is 1.15 bits per heavy atom. The molecule has 2 heterocycles. The van der Waals surface area contributed by atoms with Crippen molar-refractivity contribution < 1.29 is 14.3 Å². The van der Waals surface area contributed by atoms with Crippen LogP contribution in [-0.4, -0.2) is 17.3 Å². The summed E-state index contributed by atoms with van der Waals surface area (Å²) in [4.78, 5) is 13.1. The number of fused-ring (bicyclic) bond motifs is 2. The number of nitrogens with one attached hydrogen (secondary N) is 1. The van der Waals surface area contributed by atoms with Gasteiger partial charge in [0.25, 0.3) is 5.91 Å². The summed E-state index contributed by atoms with van der Waals surface area (Å²) in [6.07, 6.45) is 0. The van der Waals surface area contributed by atoms with E-state index in [1.807, 2.05) is 67.9 Å². The number of para-hydroxylation sites is 1. The second kappa shape index (κ2) is 6.06. The molecule has 0 spiro atoms. The van der Waals surface area contributed by atoms with Crippen molar-refractivity contribution in [3.63, 3.8) is 0 Å². The van der Waals surface area contributed by atoms with Crippen molar-refractivity contribution in [1.29, 1.82) is 0 Å². The molecule has 1 amide bonds. The predicted octanol–water partition coefficient (Wildman–Crippen LogP) is 4.33. The van der Waals surface area contributed by atoms with Gasteiger partial charge in [-0.05, 0) is 53.5 Å². The number of carbonyl (C=O) groups excluding carboxylic acids is 1. The van der Waals surface area contributed by atoms with E-state index in [2.05, 4.69) is 21.2 Å². The molecule has 0 saturated heterocycles. The van der Waals surface area contributed by atoms with Gasteiger partial charge < -0.3 is 19.4 Å². The molecule has 0 atom stereocenters. The Balaban J connectivity index is 1.67. The Kier molecular flexibility index (Phi) is 3.95. The topological polar surface area (TPSA) is 52.5 Å². The molecule has 1 aliphatic rings. The summed E-state index contributed by atoms with van der Waals surface area (Å²) >= 11 is 3.59. The van der Waals surface area contributed by atoms with E-state index in [1.165, 1.54) is 0 Å². The van der Waals surface area contributed by atoms with E-state index in [9.17, 15) is 4.79 Å². The van der Waals surface area contributed by atoms with Crippen molar-refractivity contribution in [2.45, 2.75) is 19.4 Å². The number of ether oxygens (including phenoxy) is 2. The molecule has 0 radical (unpaired) electrons. The number of aromatic nitrogens is 1. The summed E-state index contributed by atoms with van der Waals surface area (Å²) in [6, 6.07) is 13.7. The van der Waals surface area contributed by atoms with E-state index >= 15 is 0 Å². The minimum absolute atomic E-state index is 0.141. The molecule has 3 aromatic rings. The van der Waals surface area contributed by atoms with Crippen molar-refractivity contribution in [2.24, 2.45) is 7.05 Å². The summed E-state index contributed by atoms with van der Waals surface area (Å²) in [5, 5.41) is 4.15. The molecular weight excluding hydrogens is 396 g/mol. The normalized spacial score (nSPS) is 13.2. The molecule has 5 nitrogen and oxygen atoms in total. The zero-order valence-electron chi connectivity index (χ0n) is 14.8. The van der Waals surface area contributed by atoms with E-state index < -0.39 is 5.54 Å². The Labute approximate surface area is 160 Å². The van der Waals surface area contributed by atoms with Crippen LogP contribution in [0.1, 0.15) is 29.9 Å². The zero-order valence-corrected chi connectivity index (χ0v) is 16.4. The molecule has 6 heteroatoms. The minimum atomic E-state index is -0.575. The van der Waals surface area contributed by atoms with Gasteiger partial charge in [-0.15, -0.1) is 0 Å². The number of hydrogen-bond acceptors (Lipinski definition) is 3. The van der Waals surface area contributed by atoms with Crippen LogP contribution in [0, 0.1) is 0 Å². The lowest BCUT2D eigenvalue weighted by Gasteiger charge is -2.27. The number of aryl methyl sites for hydroxylation is 1. The van der Waals surface area contributed by atoms with Gasteiger partial charge in [-0.2, -0.15) is 0 Å². The lowest BCUT2D eigenvalue weighted by Crippen LogP contribution is -2.41. The molecule has 1 N–H and O–H groups in total. The van der Waals surface area contributed by atoms with E-state index in [-0.39, 0.29) is 12.7 Å². The van der Waals surface area contributed by atoms with Crippen LogP contribution in [0.15, 0.2) is 46.9 Å². The molecule has 4 rings (SSSR count). The van der Waals surface area contributed by atoms with Crippen LogP contribution in [-0.2, 0) is 12.6 Å². The summed E-state index contributed by atoms with van der Waals surface area (Å²) in [5.41, 5.74) is 1.98. The van der Waals surface area contributed by atoms with Crippen molar-refractivity contribution in [3.05, 3.63) is 58.2 Å². The van der Waals surface area contributed by atoms with Gasteiger partial charge in [-0.3, -0.25) is 4.79 Å². The number of halogens is 1. The first kappa shape index (κ1) is 17.0. The SMILES string of the molecule is Cn1c(C(=O)NC(C)(C)c2ccc3c(c2)OCO3)c(Br)c2ccccc21. The molecule has 26 heavy (non-hydrogen) atoms. The smallest absolute Gasteiger partial charge is 0.269 e. The van der Waals surface area contributed by atoms with Gasteiger partial charge in [0.05, 0.1) is 10.0 Å². The third-order valence-electron chi connectivity index (χ3n) is 4.78. The van der Waals surface area contributed by atoms with Gasteiger partial charge in [-0.25, -0.2) is 0 Å². The van der Waals surface area contributed by atoms with Crippen LogP contribution in [0.5, 0.6) is 11.5 Å². The Bertz CT molecular complexity index is 984. The Morgan fingerprint density at radius 3 is 2.65 bits per heavy atom. The maximum Gasteiger partial charge on any atom is 0.269 e. The maximum absolute atomic E-state index is 13.1. The standard InChI is InChI=1S/C20H19BrN2O3/c1-20(2,12-8-9-15-16(10-12)26-11-25-15)22-19(24)18-17(21)13-6-4-5-7-14(13)23(18)3/h4-10H,11H2,1-3H3,(H,22,24). The first-order valence-electron chi connectivity index (χ1n) is 8.34. The number of benzene rings is 2. The van der Waals surface area contributed by atoms with E-state index in [1.54, 1.807) is 0 Å². The number of nitrogens with zero attached hydrogens (tertiary/aromatic N) is 1. The van der Waals surface area contributed by atoms with Crippen molar-refractivity contribution in [2.75, 3.05) is 6.79 Å². The van der Waals surface area contributed by atoms with Crippen LogP contribution < -0.4 is 14.8 Å². The fourth-order valence-electron chi connectivity index (χ4n) is 3.30.